The number of ether oxygens (including phenoxy) is 1. The highest BCUT2D eigenvalue weighted by Gasteiger charge is 2.08. The molecule has 1 aromatic rings. The minimum absolute atomic E-state index is 0.259. The smallest absolute Gasteiger partial charge is 0.305 e. The number of hydrogen-bond acceptors (Lipinski definition) is 4. The van der Waals surface area contributed by atoms with Crippen LogP contribution < -0.4 is 11.1 Å². The predicted octanol–water partition coefficient (Wildman–Crippen LogP) is 0.859. The lowest BCUT2D eigenvalue weighted by Gasteiger charge is -2.06. The standard InChI is InChI=1S/C14H18N2O4/c1-2-20-12(17)7-4-8-16-14(19)11-6-3-5-10(9-11)13(15)18/h3,5-6,9H,2,4,7-8H2,1H3,(H2,15,18)(H,16,19). The van der Waals surface area contributed by atoms with Crippen molar-refractivity contribution < 1.29 is 19.1 Å². The zero-order chi connectivity index (χ0) is 15.0. The maximum absolute atomic E-state index is 11.8. The number of carbonyl (C=O) groups excluding carboxylic acids is 3. The van der Waals surface area contributed by atoms with E-state index in [4.69, 9.17) is 10.5 Å². The Morgan fingerprint density at radius 1 is 1.25 bits per heavy atom. The van der Waals surface area contributed by atoms with Gasteiger partial charge < -0.3 is 15.8 Å². The second kappa shape index (κ2) is 7.93. The summed E-state index contributed by atoms with van der Waals surface area (Å²) < 4.78 is 4.77. The van der Waals surface area contributed by atoms with Crippen molar-refractivity contribution >= 4 is 17.8 Å². The van der Waals surface area contributed by atoms with Gasteiger partial charge in [-0.3, -0.25) is 14.4 Å². The Labute approximate surface area is 117 Å². The molecule has 0 heterocycles. The molecule has 6 nitrogen and oxygen atoms in total. The average molecular weight is 278 g/mol. The molecule has 0 aliphatic heterocycles. The van der Waals surface area contributed by atoms with Crippen molar-refractivity contribution in [2.45, 2.75) is 19.8 Å². The van der Waals surface area contributed by atoms with E-state index in [2.05, 4.69) is 5.32 Å². The van der Waals surface area contributed by atoms with Crippen LogP contribution >= 0.6 is 0 Å². The van der Waals surface area contributed by atoms with Gasteiger partial charge in [0.25, 0.3) is 5.91 Å². The van der Waals surface area contributed by atoms with Crippen LogP contribution in [-0.4, -0.2) is 30.9 Å². The first-order valence-corrected chi connectivity index (χ1v) is 6.38. The fraction of sp³-hybridized carbons (Fsp3) is 0.357. The van der Waals surface area contributed by atoms with E-state index < -0.39 is 5.91 Å². The first-order chi connectivity index (χ1) is 9.54. The molecule has 108 valence electrons. The van der Waals surface area contributed by atoms with E-state index in [9.17, 15) is 14.4 Å². The molecule has 0 fully saturated rings. The summed E-state index contributed by atoms with van der Waals surface area (Å²) in [5.74, 6) is -1.17. The number of amides is 2. The molecular weight excluding hydrogens is 260 g/mol. The van der Waals surface area contributed by atoms with Gasteiger partial charge in [-0.05, 0) is 31.5 Å². The lowest BCUT2D eigenvalue weighted by atomic mass is 10.1. The maximum atomic E-state index is 11.8. The Morgan fingerprint density at radius 2 is 1.95 bits per heavy atom. The number of primary amides is 1. The molecule has 0 radical (unpaired) electrons. The van der Waals surface area contributed by atoms with Gasteiger partial charge in [-0.2, -0.15) is 0 Å². The van der Waals surface area contributed by atoms with Crippen molar-refractivity contribution in [1.82, 2.24) is 5.32 Å². The van der Waals surface area contributed by atoms with Crippen LogP contribution in [0.5, 0.6) is 0 Å². The van der Waals surface area contributed by atoms with Crippen molar-refractivity contribution in [3.63, 3.8) is 0 Å². The fourth-order valence-corrected chi connectivity index (χ4v) is 1.58. The number of benzene rings is 1. The second-order valence-electron chi connectivity index (χ2n) is 4.11. The average Bonchev–Trinajstić information content (AvgIpc) is 2.43. The predicted molar refractivity (Wildman–Crippen MR) is 73.2 cm³/mol. The summed E-state index contributed by atoms with van der Waals surface area (Å²) >= 11 is 0. The molecule has 2 amide bonds. The van der Waals surface area contributed by atoms with E-state index in [0.717, 1.165) is 0 Å². The lowest BCUT2D eigenvalue weighted by Crippen LogP contribution is -2.25. The Balaban J connectivity index is 2.41. The summed E-state index contributed by atoms with van der Waals surface area (Å²) in [6.45, 7) is 2.45. The van der Waals surface area contributed by atoms with Gasteiger partial charge in [0.2, 0.25) is 5.91 Å². The summed E-state index contributed by atoms with van der Waals surface area (Å²) in [5.41, 5.74) is 5.78. The van der Waals surface area contributed by atoms with Crippen LogP contribution in [0.1, 0.15) is 40.5 Å². The minimum Gasteiger partial charge on any atom is -0.466 e. The van der Waals surface area contributed by atoms with Crippen molar-refractivity contribution in [3.8, 4) is 0 Å². The van der Waals surface area contributed by atoms with Gasteiger partial charge in [0.1, 0.15) is 0 Å². The van der Waals surface area contributed by atoms with Crippen molar-refractivity contribution in [3.05, 3.63) is 35.4 Å². The molecule has 20 heavy (non-hydrogen) atoms. The van der Waals surface area contributed by atoms with Gasteiger partial charge in [-0.1, -0.05) is 6.07 Å². The first kappa shape index (κ1) is 15.7. The zero-order valence-electron chi connectivity index (χ0n) is 11.3. The van der Waals surface area contributed by atoms with Crippen LogP contribution in [0.15, 0.2) is 24.3 Å². The van der Waals surface area contributed by atoms with Gasteiger partial charge in [0.05, 0.1) is 6.61 Å². The van der Waals surface area contributed by atoms with Crippen molar-refractivity contribution in [2.24, 2.45) is 5.73 Å². The van der Waals surface area contributed by atoms with Gasteiger partial charge >= 0.3 is 5.97 Å². The normalized spacial score (nSPS) is 9.85. The third-order valence-electron chi connectivity index (χ3n) is 2.56. The molecule has 1 aromatic carbocycles. The summed E-state index contributed by atoms with van der Waals surface area (Å²) in [5, 5.41) is 2.66. The topological polar surface area (TPSA) is 98.5 Å². The highest BCUT2D eigenvalue weighted by atomic mass is 16.5. The molecule has 0 atom stereocenters. The van der Waals surface area contributed by atoms with Gasteiger partial charge in [0.15, 0.2) is 0 Å². The summed E-state index contributed by atoms with van der Waals surface area (Å²) in [4.78, 5) is 33.9. The molecule has 0 spiro atoms. The Hall–Kier alpha value is -2.37. The summed E-state index contributed by atoms with van der Waals surface area (Å²) in [7, 11) is 0. The zero-order valence-corrected chi connectivity index (χ0v) is 11.3. The first-order valence-electron chi connectivity index (χ1n) is 6.38. The number of carbonyl (C=O) groups is 3. The minimum atomic E-state index is -0.582. The number of esters is 1. The highest BCUT2D eigenvalue weighted by molar-refractivity contribution is 5.99. The summed E-state index contributed by atoms with van der Waals surface area (Å²) in [6, 6.07) is 6.16. The monoisotopic (exact) mass is 278 g/mol. The van der Waals surface area contributed by atoms with Crippen LogP contribution in [0, 0.1) is 0 Å². The Bertz CT molecular complexity index is 500. The van der Waals surface area contributed by atoms with E-state index in [1.807, 2.05) is 0 Å². The molecule has 0 bridgehead atoms. The molecule has 6 heteroatoms. The van der Waals surface area contributed by atoms with Gasteiger partial charge in [-0.25, -0.2) is 0 Å². The molecule has 0 saturated carbocycles. The third-order valence-corrected chi connectivity index (χ3v) is 2.56. The van der Waals surface area contributed by atoms with Gasteiger partial charge in [0, 0.05) is 24.1 Å². The quantitative estimate of drug-likeness (QED) is 0.570. The lowest BCUT2D eigenvalue weighted by molar-refractivity contribution is -0.143. The molecule has 1 rings (SSSR count). The van der Waals surface area contributed by atoms with Crippen LogP contribution in [0.25, 0.3) is 0 Å². The fourth-order valence-electron chi connectivity index (χ4n) is 1.58. The molecule has 0 aromatic heterocycles. The maximum Gasteiger partial charge on any atom is 0.305 e. The van der Waals surface area contributed by atoms with Crippen LogP contribution in [0.3, 0.4) is 0 Å². The van der Waals surface area contributed by atoms with E-state index in [1.165, 1.54) is 6.07 Å². The Morgan fingerprint density at radius 3 is 2.60 bits per heavy atom. The van der Waals surface area contributed by atoms with Gasteiger partial charge in [-0.15, -0.1) is 0 Å². The molecule has 0 unspecified atom stereocenters. The SMILES string of the molecule is CCOC(=O)CCCNC(=O)c1cccc(C(N)=O)c1. The third kappa shape index (κ3) is 5.09. The number of nitrogens with two attached hydrogens (primary N) is 1. The van der Waals surface area contributed by atoms with E-state index >= 15 is 0 Å². The molecular formula is C14H18N2O4. The number of rotatable bonds is 7. The Kier molecular flexibility index (Phi) is 6.22. The molecule has 0 aliphatic rings. The van der Waals surface area contributed by atoms with E-state index in [-0.39, 0.29) is 23.9 Å². The van der Waals surface area contributed by atoms with E-state index in [1.54, 1.807) is 25.1 Å². The van der Waals surface area contributed by atoms with Crippen molar-refractivity contribution in [1.29, 1.82) is 0 Å². The molecule has 3 N–H and O–H groups in total. The van der Waals surface area contributed by atoms with Crippen LogP contribution in [0.2, 0.25) is 0 Å². The number of hydrogen-bond donors (Lipinski definition) is 2. The molecule has 0 saturated heterocycles. The summed E-state index contributed by atoms with van der Waals surface area (Å²) in [6.07, 6.45) is 0.759. The van der Waals surface area contributed by atoms with Crippen molar-refractivity contribution in [2.75, 3.05) is 13.2 Å². The van der Waals surface area contributed by atoms with Crippen LogP contribution in [-0.2, 0) is 9.53 Å². The molecule has 0 aliphatic carbocycles. The van der Waals surface area contributed by atoms with E-state index in [0.29, 0.717) is 25.1 Å². The second-order valence-corrected chi connectivity index (χ2v) is 4.11. The largest absolute Gasteiger partial charge is 0.466 e. The number of nitrogens with one attached hydrogen (secondary N) is 1. The van der Waals surface area contributed by atoms with Crippen LogP contribution in [0.4, 0.5) is 0 Å². The highest BCUT2D eigenvalue weighted by Crippen LogP contribution is 2.04.